The SMILES string of the molecule is CCCC(N)(C=CC#CCN)CCC.Cl.Cl. The van der Waals surface area contributed by atoms with Gasteiger partial charge in [-0.15, -0.1) is 24.8 Å². The zero-order valence-electron chi connectivity index (χ0n) is 10.2. The predicted molar refractivity (Wildman–Crippen MR) is 77.2 cm³/mol. The van der Waals surface area contributed by atoms with E-state index in [1.165, 1.54) is 0 Å². The normalized spacial score (nSPS) is 10.0. The molecule has 0 fully saturated rings. The van der Waals surface area contributed by atoms with Crippen LogP contribution in [0.3, 0.4) is 0 Å². The molecule has 0 unspecified atom stereocenters. The van der Waals surface area contributed by atoms with Crippen molar-refractivity contribution in [3.05, 3.63) is 12.2 Å². The van der Waals surface area contributed by atoms with Gasteiger partial charge in [0.15, 0.2) is 0 Å². The summed E-state index contributed by atoms with van der Waals surface area (Å²) in [5.41, 5.74) is 11.3. The van der Waals surface area contributed by atoms with Crippen molar-refractivity contribution in [1.29, 1.82) is 0 Å². The van der Waals surface area contributed by atoms with E-state index >= 15 is 0 Å². The van der Waals surface area contributed by atoms with Crippen LogP contribution in [-0.2, 0) is 0 Å². The molecular formula is C12H24Cl2N2. The monoisotopic (exact) mass is 266 g/mol. The van der Waals surface area contributed by atoms with E-state index in [1.54, 1.807) is 0 Å². The Morgan fingerprint density at radius 3 is 2.00 bits per heavy atom. The molecule has 0 amide bonds. The number of halogens is 2. The first-order valence-electron chi connectivity index (χ1n) is 5.33. The molecule has 96 valence electrons. The molecule has 0 aromatic carbocycles. The zero-order chi connectivity index (χ0) is 10.9. The second kappa shape index (κ2) is 12.9. The van der Waals surface area contributed by atoms with Gasteiger partial charge in [-0.05, 0) is 18.9 Å². The van der Waals surface area contributed by atoms with Gasteiger partial charge in [0.1, 0.15) is 0 Å². The Balaban J connectivity index is -0.000000845. The van der Waals surface area contributed by atoms with Crippen LogP contribution in [0.25, 0.3) is 0 Å². The third-order valence-electron chi connectivity index (χ3n) is 2.13. The van der Waals surface area contributed by atoms with E-state index in [2.05, 4.69) is 25.7 Å². The lowest BCUT2D eigenvalue weighted by atomic mass is 9.89. The summed E-state index contributed by atoms with van der Waals surface area (Å²) >= 11 is 0. The van der Waals surface area contributed by atoms with E-state index < -0.39 is 0 Å². The molecule has 4 N–H and O–H groups in total. The molecule has 16 heavy (non-hydrogen) atoms. The van der Waals surface area contributed by atoms with Crippen molar-refractivity contribution >= 4 is 24.8 Å². The van der Waals surface area contributed by atoms with Gasteiger partial charge in [0.05, 0.1) is 6.54 Å². The predicted octanol–water partition coefficient (Wildman–Crippen LogP) is 2.65. The Kier molecular flexibility index (Phi) is 17.0. The fourth-order valence-corrected chi connectivity index (χ4v) is 1.55. The van der Waals surface area contributed by atoms with Crippen molar-refractivity contribution in [3.63, 3.8) is 0 Å². The first kappa shape index (κ1) is 21.1. The molecular weight excluding hydrogens is 243 g/mol. The maximum atomic E-state index is 6.22. The Labute approximate surface area is 112 Å². The van der Waals surface area contributed by atoms with Crippen LogP contribution in [0.5, 0.6) is 0 Å². The second-order valence-corrected chi connectivity index (χ2v) is 3.59. The minimum Gasteiger partial charge on any atom is -0.322 e. The van der Waals surface area contributed by atoms with Crippen LogP contribution >= 0.6 is 24.8 Å². The summed E-state index contributed by atoms with van der Waals surface area (Å²) in [5, 5.41) is 0. The van der Waals surface area contributed by atoms with Gasteiger partial charge in [0.25, 0.3) is 0 Å². The minimum atomic E-state index is -0.174. The molecule has 0 heterocycles. The third-order valence-corrected chi connectivity index (χ3v) is 2.13. The molecule has 0 radical (unpaired) electrons. The van der Waals surface area contributed by atoms with Crippen LogP contribution in [-0.4, -0.2) is 12.1 Å². The Morgan fingerprint density at radius 2 is 1.62 bits per heavy atom. The fraction of sp³-hybridized carbons (Fsp3) is 0.667. The van der Waals surface area contributed by atoms with Gasteiger partial charge >= 0.3 is 0 Å². The van der Waals surface area contributed by atoms with Crippen molar-refractivity contribution < 1.29 is 0 Å². The summed E-state index contributed by atoms with van der Waals surface area (Å²) in [5.74, 6) is 5.66. The summed E-state index contributed by atoms with van der Waals surface area (Å²) < 4.78 is 0. The molecule has 0 bridgehead atoms. The second-order valence-electron chi connectivity index (χ2n) is 3.59. The van der Waals surface area contributed by atoms with Crippen LogP contribution < -0.4 is 11.5 Å². The highest BCUT2D eigenvalue weighted by atomic mass is 35.5. The third kappa shape index (κ3) is 10.3. The zero-order valence-corrected chi connectivity index (χ0v) is 11.8. The van der Waals surface area contributed by atoms with E-state index in [1.807, 2.05) is 12.2 Å². The summed E-state index contributed by atoms with van der Waals surface area (Å²) in [4.78, 5) is 0. The van der Waals surface area contributed by atoms with Crippen molar-refractivity contribution in [3.8, 4) is 11.8 Å². The van der Waals surface area contributed by atoms with Gasteiger partial charge in [-0.3, -0.25) is 0 Å². The lowest BCUT2D eigenvalue weighted by molar-refractivity contribution is 0.440. The highest BCUT2D eigenvalue weighted by Gasteiger charge is 2.18. The van der Waals surface area contributed by atoms with Gasteiger partial charge in [-0.2, -0.15) is 0 Å². The molecule has 0 atom stereocenters. The Bertz CT molecular complexity index is 223. The number of rotatable bonds is 5. The molecule has 4 heteroatoms. The molecule has 0 aliphatic heterocycles. The van der Waals surface area contributed by atoms with E-state index in [4.69, 9.17) is 11.5 Å². The molecule has 0 spiro atoms. The van der Waals surface area contributed by atoms with Gasteiger partial charge in [-0.1, -0.05) is 44.6 Å². The van der Waals surface area contributed by atoms with E-state index in [0.717, 1.165) is 25.7 Å². The molecule has 0 rings (SSSR count). The summed E-state index contributed by atoms with van der Waals surface area (Å²) in [6.07, 6.45) is 8.08. The lowest BCUT2D eigenvalue weighted by Crippen LogP contribution is -2.37. The average molecular weight is 267 g/mol. The molecule has 0 saturated carbocycles. The minimum absolute atomic E-state index is 0. The largest absolute Gasteiger partial charge is 0.322 e. The number of allylic oxidation sites excluding steroid dienone is 1. The molecule has 2 nitrogen and oxygen atoms in total. The maximum Gasteiger partial charge on any atom is 0.0554 e. The summed E-state index contributed by atoms with van der Waals surface area (Å²) in [6.45, 7) is 4.71. The van der Waals surface area contributed by atoms with Gasteiger partial charge < -0.3 is 11.5 Å². The summed E-state index contributed by atoms with van der Waals surface area (Å²) in [7, 11) is 0. The van der Waals surface area contributed by atoms with E-state index in [0.29, 0.717) is 6.54 Å². The van der Waals surface area contributed by atoms with Crippen LogP contribution in [0.2, 0.25) is 0 Å². The molecule has 0 aromatic heterocycles. The number of hydrogen-bond acceptors (Lipinski definition) is 2. The van der Waals surface area contributed by atoms with Crippen LogP contribution in [0.1, 0.15) is 39.5 Å². The first-order valence-corrected chi connectivity index (χ1v) is 5.33. The first-order chi connectivity index (χ1) is 6.68. The maximum absolute atomic E-state index is 6.22. The van der Waals surface area contributed by atoms with E-state index in [9.17, 15) is 0 Å². The van der Waals surface area contributed by atoms with Crippen molar-refractivity contribution in [2.24, 2.45) is 11.5 Å². The van der Waals surface area contributed by atoms with Crippen molar-refractivity contribution in [2.45, 2.75) is 45.1 Å². The standard InChI is InChI=1S/C12H22N2.2ClH/c1-3-8-12(14,9-4-2)10-6-5-7-11-13;;/h6,10H,3-4,8-9,11,13-14H2,1-2H3;2*1H. The molecule has 0 aliphatic carbocycles. The number of hydrogen-bond donors (Lipinski definition) is 2. The Hall–Kier alpha value is -0.200. The van der Waals surface area contributed by atoms with Crippen molar-refractivity contribution in [1.82, 2.24) is 0 Å². The highest BCUT2D eigenvalue weighted by molar-refractivity contribution is 5.85. The smallest absolute Gasteiger partial charge is 0.0554 e. The topological polar surface area (TPSA) is 52.0 Å². The van der Waals surface area contributed by atoms with Gasteiger partial charge in [-0.25, -0.2) is 0 Å². The molecule has 0 aromatic rings. The molecule has 0 aliphatic rings. The van der Waals surface area contributed by atoms with Crippen molar-refractivity contribution in [2.75, 3.05) is 6.54 Å². The lowest BCUT2D eigenvalue weighted by Gasteiger charge is -2.24. The van der Waals surface area contributed by atoms with Gasteiger partial charge in [0.2, 0.25) is 0 Å². The molecule has 0 saturated heterocycles. The summed E-state index contributed by atoms with van der Waals surface area (Å²) in [6, 6.07) is 0. The van der Waals surface area contributed by atoms with Crippen LogP contribution in [0.4, 0.5) is 0 Å². The fourth-order valence-electron chi connectivity index (χ4n) is 1.55. The number of nitrogens with two attached hydrogens (primary N) is 2. The quantitative estimate of drug-likeness (QED) is 0.752. The van der Waals surface area contributed by atoms with Gasteiger partial charge in [0, 0.05) is 5.54 Å². The van der Waals surface area contributed by atoms with Crippen LogP contribution in [0, 0.1) is 11.8 Å². The van der Waals surface area contributed by atoms with Crippen LogP contribution in [0.15, 0.2) is 12.2 Å². The van der Waals surface area contributed by atoms with E-state index in [-0.39, 0.29) is 30.4 Å². The average Bonchev–Trinajstić information content (AvgIpc) is 2.13. The highest BCUT2D eigenvalue weighted by Crippen LogP contribution is 2.17. The Morgan fingerprint density at radius 1 is 1.12 bits per heavy atom.